The Kier molecular flexibility index (Phi) is 8.44. The maximum absolute atomic E-state index is 13.4. The van der Waals surface area contributed by atoms with E-state index in [-0.39, 0.29) is 17.3 Å². The molecule has 9 nitrogen and oxygen atoms in total. The number of nitrogens with two attached hydrogens (primary N) is 1. The van der Waals surface area contributed by atoms with Crippen LogP contribution in [0.5, 0.6) is 5.88 Å². The van der Waals surface area contributed by atoms with Gasteiger partial charge >= 0.3 is 6.18 Å². The lowest BCUT2D eigenvalue weighted by Gasteiger charge is -2.34. The number of alkyl halides is 3. The number of amides is 1. The van der Waals surface area contributed by atoms with Crippen molar-refractivity contribution >= 4 is 29.4 Å². The number of anilines is 1. The molecule has 1 fully saturated rings. The van der Waals surface area contributed by atoms with Gasteiger partial charge in [0.15, 0.2) is 5.82 Å². The summed E-state index contributed by atoms with van der Waals surface area (Å²) in [5.74, 6) is 1.04. The minimum absolute atomic E-state index is 0.0491. The van der Waals surface area contributed by atoms with Crippen LogP contribution in [-0.4, -0.2) is 57.8 Å². The molecule has 2 aliphatic heterocycles. The van der Waals surface area contributed by atoms with Gasteiger partial charge in [-0.3, -0.25) is 14.5 Å². The second kappa shape index (κ2) is 11.3. The van der Waals surface area contributed by atoms with Crippen molar-refractivity contribution in [2.75, 3.05) is 24.6 Å². The van der Waals surface area contributed by atoms with E-state index in [9.17, 15) is 18.0 Å². The van der Waals surface area contributed by atoms with Crippen molar-refractivity contribution in [3.63, 3.8) is 0 Å². The van der Waals surface area contributed by atoms with Crippen LogP contribution in [0.15, 0.2) is 40.5 Å². The van der Waals surface area contributed by atoms with Crippen molar-refractivity contribution in [2.24, 2.45) is 22.1 Å². The van der Waals surface area contributed by atoms with E-state index in [1.54, 1.807) is 18.3 Å². The fourth-order valence-corrected chi connectivity index (χ4v) is 5.43. The van der Waals surface area contributed by atoms with E-state index in [1.165, 1.54) is 16.9 Å². The average molecular weight is 580 g/mol. The monoisotopic (exact) mass is 579 g/mol. The number of ether oxygens (including phenoxy) is 1. The molecule has 4 rings (SSSR count). The molecule has 40 heavy (non-hydrogen) atoms. The number of carbonyl (C=O) groups excluding carboxylic acids is 1. The SMILES string of the molecule is CC1=NCCCC2CN(c3nc(-n4ccc(OCC(C)(C)C(F)(F)F)n4)ccc3C(=O)NS/C1=C/N)C(C)(C)C2. The Morgan fingerprint density at radius 2 is 2.02 bits per heavy atom. The van der Waals surface area contributed by atoms with E-state index in [4.69, 9.17) is 15.5 Å². The van der Waals surface area contributed by atoms with Gasteiger partial charge in [0.25, 0.3) is 5.91 Å². The zero-order chi connectivity index (χ0) is 29.3. The highest BCUT2D eigenvalue weighted by atomic mass is 32.2. The standard InChI is InChI=1S/C27H36F3N7O2S/c1-17-20(14-31)40-35-24(38)19-8-9-21(37-12-10-22(34-37)39-16-25(2,3)27(28,29)30)33-23(19)36-15-18(7-6-11-32-17)13-26(36,4)5/h8-10,12,14,18H,6-7,11,13,15-16,31H2,1-5H3,(H,35,38)/b20-14+,32-17?. The number of hydrogen-bond donors (Lipinski definition) is 2. The maximum Gasteiger partial charge on any atom is 0.397 e. The van der Waals surface area contributed by atoms with E-state index < -0.39 is 18.2 Å². The van der Waals surface area contributed by atoms with Gasteiger partial charge in [0.2, 0.25) is 5.88 Å². The topological polar surface area (TPSA) is 111 Å². The van der Waals surface area contributed by atoms with E-state index >= 15 is 0 Å². The molecule has 218 valence electrons. The number of hydrogen-bond acceptors (Lipinski definition) is 8. The molecule has 1 saturated heterocycles. The zero-order valence-corrected chi connectivity index (χ0v) is 24.2. The molecule has 3 N–H and O–H groups in total. The molecule has 4 heterocycles. The molecule has 1 atom stereocenters. The summed E-state index contributed by atoms with van der Waals surface area (Å²) in [5.41, 5.74) is 4.67. The van der Waals surface area contributed by atoms with Gasteiger partial charge in [0.1, 0.15) is 12.4 Å². The lowest BCUT2D eigenvalue weighted by atomic mass is 9.93. The Morgan fingerprint density at radius 3 is 2.73 bits per heavy atom. The Labute approximate surface area is 236 Å². The molecule has 0 spiro atoms. The molecule has 1 amide bonds. The highest BCUT2D eigenvalue weighted by Gasteiger charge is 2.48. The van der Waals surface area contributed by atoms with Crippen molar-refractivity contribution in [2.45, 2.75) is 65.6 Å². The van der Waals surface area contributed by atoms with Crippen molar-refractivity contribution in [1.29, 1.82) is 0 Å². The first-order valence-electron chi connectivity index (χ1n) is 13.2. The molecule has 1 unspecified atom stereocenters. The van der Waals surface area contributed by atoms with E-state index in [2.05, 4.69) is 33.6 Å². The highest BCUT2D eigenvalue weighted by Crippen LogP contribution is 2.40. The van der Waals surface area contributed by atoms with E-state index in [0.29, 0.717) is 34.6 Å². The number of aliphatic imine (C=N–C) groups is 1. The molecule has 0 aromatic carbocycles. The number of nitrogens with zero attached hydrogens (tertiary/aromatic N) is 5. The summed E-state index contributed by atoms with van der Waals surface area (Å²) in [6.07, 6.45) is 1.44. The number of rotatable bonds is 4. The predicted octanol–water partition coefficient (Wildman–Crippen LogP) is 5.27. The molecule has 0 saturated carbocycles. The van der Waals surface area contributed by atoms with Crippen LogP contribution in [0.1, 0.15) is 64.2 Å². The first-order chi connectivity index (χ1) is 18.7. The summed E-state index contributed by atoms with van der Waals surface area (Å²) in [5, 5.41) is 4.29. The number of allylic oxidation sites excluding steroid dienone is 1. The smallest absolute Gasteiger partial charge is 0.397 e. The van der Waals surface area contributed by atoms with Gasteiger partial charge in [-0.25, -0.2) is 9.67 Å². The van der Waals surface area contributed by atoms with Crippen molar-refractivity contribution in [1.82, 2.24) is 19.5 Å². The third-order valence-electron chi connectivity index (χ3n) is 7.35. The second-order valence-electron chi connectivity index (χ2n) is 11.5. The van der Waals surface area contributed by atoms with Crippen LogP contribution < -0.4 is 20.1 Å². The normalized spacial score (nSPS) is 21.4. The average Bonchev–Trinajstić information content (AvgIpc) is 3.47. The Bertz CT molecular complexity index is 1300. The van der Waals surface area contributed by atoms with Crippen molar-refractivity contribution in [3.8, 4) is 11.7 Å². The van der Waals surface area contributed by atoms with Gasteiger partial charge in [-0.05, 0) is 83.9 Å². The minimum Gasteiger partial charge on any atom is -0.476 e. The molecule has 0 radical (unpaired) electrons. The quantitative estimate of drug-likeness (QED) is 0.475. The third-order valence-corrected chi connectivity index (χ3v) is 8.29. The van der Waals surface area contributed by atoms with Crippen LogP contribution in [0, 0.1) is 11.3 Å². The van der Waals surface area contributed by atoms with Crippen LogP contribution in [0.3, 0.4) is 0 Å². The fourth-order valence-electron chi connectivity index (χ4n) is 4.84. The van der Waals surface area contributed by atoms with Crippen LogP contribution >= 0.6 is 11.9 Å². The van der Waals surface area contributed by atoms with Crippen molar-refractivity contribution < 1.29 is 22.7 Å². The molecule has 13 heteroatoms. The van der Waals surface area contributed by atoms with Crippen LogP contribution in [0.2, 0.25) is 0 Å². The first-order valence-corrected chi connectivity index (χ1v) is 14.0. The Morgan fingerprint density at radius 1 is 1.27 bits per heavy atom. The molecular weight excluding hydrogens is 543 g/mol. The fraction of sp³-hybridized carbons (Fsp3) is 0.556. The number of carbonyl (C=O) groups is 1. The predicted molar refractivity (Wildman–Crippen MR) is 151 cm³/mol. The minimum atomic E-state index is -4.41. The molecule has 2 aromatic heterocycles. The molecule has 2 bridgehead atoms. The van der Waals surface area contributed by atoms with Gasteiger partial charge in [-0.15, -0.1) is 5.10 Å². The van der Waals surface area contributed by atoms with E-state index in [1.807, 2.05) is 6.92 Å². The molecule has 0 aliphatic carbocycles. The zero-order valence-electron chi connectivity index (χ0n) is 23.4. The lowest BCUT2D eigenvalue weighted by Crippen LogP contribution is -2.40. The summed E-state index contributed by atoms with van der Waals surface area (Å²) in [4.78, 5) is 25.7. The molecule has 2 aromatic rings. The van der Waals surface area contributed by atoms with Gasteiger partial charge in [0, 0.05) is 42.8 Å². The summed E-state index contributed by atoms with van der Waals surface area (Å²) < 4.78 is 49.4. The lowest BCUT2D eigenvalue weighted by molar-refractivity contribution is -0.219. The van der Waals surface area contributed by atoms with Gasteiger partial charge in [0.05, 0.1) is 15.9 Å². The largest absolute Gasteiger partial charge is 0.476 e. The number of pyridine rings is 1. The Hall–Kier alpha value is -3.22. The molecule has 2 aliphatic rings. The first kappa shape index (κ1) is 29.8. The Balaban J connectivity index is 1.67. The van der Waals surface area contributed by atoms with Gasteiger partial charge in [-0.2, -0.15) is 13.2 Å². The number of halogens is 3. The summed E-state index contributed by atoms with van der Waals surface area (Å²) in [6.45, 7) is 9.13. The van der Waals surface area contributed by atoms with Gasteiger partial charge < -0.3 is 15.4 Å². The molecular formula is C27H36F3N7O2S. The third kappa shape index (κ3) is 6.39. The number of aromatic nitrogens is 3. The number of nitrogens with one attached hydrogen (secondary N) is 1. The maximum atomic E-state index is 13.4. The van der Waals surface area contributed by atoms with Crippen molar-refractivity contribution in [3.05, 3.63) is 41.1 Å². The van der Waals surface area contributed by atoms with Crippen LogP contribution in [0.25, 0.3) is 5.82 Å². The van der Waals surface area contributed by atoms with E-state index in [0.717, 1.165) is 57.3 Å². The summed E-state index contributed by atoms with van der Waals surface area (Å²) in [6, 6.07) is 4.82. The summed E-state index contributed by atoms with van der Waals surface area (Å²) in [7, 11) is 0. The summed E-state index contributed by atoms with van der Waals surface area (Å²) >= 11 is 1.11. The van der Waals surface area contributed by atoms with Crippen LogP contribution in [0.4, 0.5) is 19.0 Å². The van der Waals surface area contributed by atoms with Gasteiger partial charge in [-0.1, -0.05) is 0 Å². The highest BCUT2D eigenvalue weighted by molar-refractivity contribution is 8.02. The second-order valence-corrected chi connectivity index (χ2v) is 12.3. The number of fused-ring (bicyclic) bond motifs is 4. The van der Waals surface area contributed by atoms with Crippen LogP contribution in [-0.2, 0) is 0 Å².